The summed E-state index contributed by atoms with van der Waals surface area (Å²) >= 11 is 0. The maximum Gasteiger partial charge on any atom is 0.314 e. The minimum atomic E-state index is -0.618. The number of nitrogens with zero attached hydrogens (tertiary/aromatic N) is 1. The summed E-state index contributed by atoms with van der Waals surface area (Å²) in [6.07, 6.45) is 0. The fourth-order valence-corrected chi connectivity index (χ4v) is 1.80. The van der Waals surface area contributed by atoms with Gasteiger partial charge in [-0.2, -0.15) is 0 Å². The molecule has 1 N–H and O–H groups in total. The Bertz CT molecular complexity index is 634. The first-order chi connectivity index (χ1) is 10.7. The second-order valence-electron chi connectivity index (χ2n) is 6.38. The highest BCUT2D eigenvalue weighted by Gasteiger charge is 2.30. The first-order valence-electron chi connectivity index (χ1n) is 7.46. The molecule has 23 heavy (non-hydrogen) atoms. The first kappa shape index (κ1) is 18.6. The summed E-state index contributed by atoms with van der Waals surface area (Å²) in [6, 6.07) is 6.89. The highest BCUT2D eigenvalue weighted by molar-refractivity contribution is 6.00. The van der Waals surface area contributed by atoms with Gasteiger partial charge in [-0.25, -0.2) is 5.01 Å². The number of hydrogen-bond acceptors (Lipinski definition) is 3. The summed E-state index contributed by atoms with van der Waals surface area (Å²) in [5.74, 6) is 4.93. The van der Waals surface area contributed by atoms with Gasteiger partial charge in [-0.15, -0.1) is 0 Å². The number of hydrazine groups is 1. The van der Waals surface area contributed by atoms with Crippen molar-refractivity contribution in [2.24, 2.45) is 5.92 Å². The molecule has 1 rings (SSSR count). The van der Waals surface area contributed by atoms with Crippen molar-refractivity contribution in [1.29, 1.82) is 0 Å². The zero-order valence-corrected chi connectivity index (χ0v) is 14.6. The Balaban J connectivity index is 3.11. The minimum absolute atomic E-state index is 0.0776. The van der Waals surface area contributed by atoms with E-state index in [0.29, 0.717) is 11.3 Å². The molecule has 1 aromatic rings. The number of rotatable bonds is 2. The van der Waals surface area contributed by atoms with E-state index in [4.69, 9.17) is 4.74 Å². The van der Waals surface area contributed by atoms with Gasteiger partial charge in [0.05, 0.1) is 18.2 Å². The van der Waals surface area contributed by atoms with Gasteiger partial charge in [-0.1, -0.05) is 31.9 Å². The summed E-state index contributed by atoms with van der Waals surface area (Å²) in [5, 5.41) is 1.28. The number of amides is 2. The van der Waals surface area contributed by atoms with E-state index in [1.165, 1.54) is 12.1 Å². The van der Waals surface area contributed by atoms with Crippen LogP contribution in [0.3, 0.4) is 0 Å². The molecule has 0 aliphatic heterocycles. The highest BCUT2D eigenvalue weighted by atomic mass is 16.5. The average Bonchev–Trinajstić information content (AvgIpc) is 2.48. The maximum atomic E-state index is 12.8. The Morgan fingerprint density at radius 3 is 2.35 bits per heavy atom. The van der Waals surface area contributed by atoms with Gasteiger partial charge in [0, 0.05) is 5.92 Å². The third-order valence-electron chi connectivity index (χ3n) is 2.90. The van der Waals surface area contributed by atoms with Crippen molar-refractivity contribution in [1.82, 2.24) is 10.4 Å². The van der Waals surface area contributed by atoms with E-state index in [9.17, 15) is 9.59 Å². The molecular formula is C18H24N2O3. The highest BCUT2D eigenvalue weighted by Crippen LogP contribution is 2.22. The zero-order valence-electron chi connectivity index (χ0n) is 14.6. The van der Waals surface area contributed by atoms with Crippen LogP contribution in [0.5, 0.6) is 5.75 Å². The Morgan fingerprint density at radius 1 is 1.22 bits per heavy atom. The van der Waals surface area contributed by atoms with E-state index in [0.717, 1.165) is 0 Å². The number of ether oxygens (including phenoxy) is 1. The number of carbonyl (C=O) groups is 2. The van der Waals surface area contributed by atoms with E-state index in [1.807, 2.05) is 34.6 Å². The molecule has 0 spiro atoms. The molecule has 0 fully saturated rings. The van der Waals surface area contributed by atoms with Gasteiger partial charge in [0.2, 0.25) is 0 Å². The standard InChI is InChI=1S/C18H24N2O3/c1-13(2)11-12-16(21)19-20(18(3,4)5)17(22)14-9-7-8-10-15(14)23-6/h7-10,13H,1-6H3,(H,19,21). The van der Waals surface area contributed by atoms with Crippen molar-refractivity contribution in [3.8, 4) is 17.6 Å². The molecule has 0 saturated carbocycles. The van der Waals surface area contributed by atoms with E-state index in [2.05, 4.69) is 17.3 Å². The Kier molecular flexibility index (Phi) is 6.20. The van der Waals surface area contributed by atoms with Crippen molar-refractivity contribution >= 4 is 11.8 Å². The van der Waals surface area contributed by atoms with Crippen LogP contribution in [0.4, 0.5) is 0 Å². The quantitative estimate of drug-likeness (QED) is 0.674. The summed E-state index contributed by atoms with van der Waals surface area (Å²) in [6.45, 7) is 9.27. The van der Waals surface area contributed by atoms with E-state index in [1.54, 1.807) is 24.3 Å². The van der Waals surface area contributed by atoms with Crippen molar-refractivity contribution in [2.45, 2.75) is 40.2 Å². The molecule has 0 aromatic heterocycles. The van der Waals surface area contributed by atoms with Gasteiger partial charge >= 0.3 is 5.91 Å². The Morgan fingerprint density at radius 2 is 1.83 bits per heavy atom. The molecule has 0 unspecified atom stereocenters. The molecule has 5 nitrogen and oxygen atoms in total. The number of carbonyl (C=O) groups excluding carboxylic acids is 2. The van der Waals surface area contributed by atoms with Crippen molar-refractivity contribution < 1.29 is 14.3 Å². The van der Waals surface area contributed by atoms with Gasteiger partial charge in [0.25, 0.3) is 5.91 Å². The number of hydrogen-bond donors (Lipinski definition) is 1. The Hall–Kier alpha value is -2.48. The number of methoxy groups -OCH3 is 1. The average molecular weight is 316 g/mol. The summed E-state index contributed by atoms with van der Waals surface area (Å²) < 4.78 is 5.23. The largest absolute Gasteiger partial charge is 0.496 e. The third-order valence-corrected chi connectivity index (χ3v) is 2.90. The lowest BCUT2D eigenvalue weighted by atomic mass is 10.1. The first-order valence-corrected chi connectivity index (χ1v) is 7.46. The molecule has 0 saturated heterocycles. The summed E-state index contributed by atoms with van der Waals surface area (Å²) in [4.78, 5) is 24.8. The minimum Gasteiger partial charge on any atom is -0.496 e. The van der Waals surface area contributed by atoms with E-state index in [-0.39, 0.29) is 11.8 Å². The lowest BCUT2D eigenvalue weighted by Gasteiger charge is -2.35. The van der Waals surface area contributed by atoms with Gasteiger partial charge in [0.1, 0.15) is 5.75 Å². The van der Waals surface area contributed by atoms with Crippen molar-refractivity contribution in [2.75, 3.05) is 7.11 Å². The van der Waals surface area contributed by atoms with Crippen LogP contribution < -0.4 is 10.2 Å². The van der Waals surface area contributed by atoms with E-state index < -0.39 is 11.4 Å². The summed E-state index contributed by atoms with van der Waals surface area (Å²) in [7, 11) is 1.50. The van der Waals surface area contributed by atoms with Crippen molar-refractivity contribution in [3.05, 3.63) is 29.8 Å². The molecule has 124 valence electrons. The van der Waals surface area contributed by atoms with Crippen LogP contribution in [0.2, 0.25) is 0 Å². The van der Waals surface area contributed by atoms with Crippen molar-refractivity contribution in [3.63, 3.8) is 0 Å². The lowest BCUT2D eigenvalue weighted by molar-refractivity contribution is -0.121. The summed E-state index contributed by atoms with van der Waals surface area (Å²) in [5.41, 5.74) is 2.34. The molecule has 0 aliphatic rings. The van der Waals surface area contributed by atoms with Crippen LogP contribution in [0, 0.1) is 17.8 Å². The van der Waals surface area contributed by atoms with Gasteiger partial charge in [0.15, 0.2) is 0 Å². The molecule has 0 heterocycles. The second kappa shape index (κ2) is 7.68. The van der Waals surface area contributed by atoms with Crippen LogP contribution in [0.1, 0.15) is 45.0 Å². The number of para-hydroxylation sites is 1. The molecular weight excluding hydrogens is 292 g/mol. The molecule has 0 aliphatic carbocycles. The predicted molar refractivity (Wildman–Crippen MR) is 89.7 cm³/mol. The van der Waals surface area contributed by atoms with Crippen LogP contribution in [-0.2, 0) is 4.79 Å². The fourth-order valence-electron chi connectivity index (χ4n) is 1.80. The normalized spacial score (nSPS) is 10.6. The molecule has 2 amide bonds. The second-order valence-corrected chi connectivity index (χ2v) is 6.38. The van der Waals surface area contributed by atoms with Gasteiger partial charge < -0.3 is 4.74 Å². The van der Waals surface area contributed by atoms with E-state index >= 15 is 0 Å². The number of benzene rings is 1. The predicted octanol–water partition coefficient (Wildman–Crippen LogP) is 2.63. The fraction of sp³-hybridized carbons (Fsp3) is 0.444. The lowest BCUT2D eigenvalue weighted by Crippen LogP contribution is -2.55. The third kappa shape index (κ3) is 5.33. The van der Waals surface area contributed by atoms with Crippen LogP contribution in [-0.4, -0.2) is 29.5 Å². The topological polar surface area (TPSA) is 58.6 Å². The Labute approximate surface area is 138 Å². The van der Waals surface area contributed by atoms with Crippen LogP contribution in [0.15, 0.2) is 24.3 Å². The van der Waals surface area contributed by atoms with Gasteiger partial charge in [-0.3, -0.25) is 15.0 Å². The molecule has 5 heteroatoms. The molecule has 1 aromatic carbocycles. The molecule has 0 atom stereocenters. The van der Waals surface area contributed by atoms with Crippen LogP contribution >= 0.6 is 0 Å². The van der Waals surface area contributed by atoms with Gasteiger partial charge in [-0.05, 0) is 38.8 Å². The SMILES string of the molecule is COc1ccccc1C(=O)N(NC(=O)C#CC(C)C)C(C)(C)C. The monoisotopic (exact) mass is 316 g/mol. The number of nitrogens with one attached hydrogen (secondary N) is 1. The zero-order chi connectivity index (χ0) is 17.6. The van der Waals surface area contributed by atoms with Crippen LogP contribution in [0.25, 0.3) is 0 Å². The smallest absolute Gasteiger partial charge is 0.314 e. The molecule has 0 radical (unpaired) electrons. The maximum absolute atomic E-state index is 12.8. The molecule has 0 bridgehead atoms.